The monoisotopic (exact) mass is 164 g/mol. The molecule has 0 amide bonds. The highest BCUT2D eigenvalue weighted by Crippen LogP contribution is 2.13. The lowest BCUT2D eigenvalue weighted by molar-refractivity contribution is 0.391. The molecule has 64 valence electrons. The van der Waals surface area contributed by atoms with Gasteiger partial charge in [0.05, 0.1) is 5.76 Å². The van der Waals surface area contributed by atoms with Crippen LogP contribution in [-0.4, -0.2) is 10.2 Å². The number of benzene rings is 1. The van der Waals surface area contributed by atoms with Gasteiger partial charge in [-0.25, -0.2) is 0 Å². The summed E-state index contributed by atoms with van der Waals surface area (Å²) in [5.41, 5.74) is 1.00. The summed E-state index contributed by atoms with van der Waals surface area (Å²) in [7, 11) is 0. The average Bonchev–Trinajstić information content (AvgIpc) is 2.01. The minimum atomic E-state index is 0.179. The molecule has 2 nitrogen and oxygen atoms in total. The van der Waals surface area contributed by atoms with Crippen LogP contribution in [0.2, 0.25) is 0 Å². The molecular formula is C10H12O2. The predicted molar refractivity (Wildman–Crippen MR) is 48.2 cm³/mol. The van der Waals surface area contributed by atoms with Crippen molar-refractivity contribution in [2.24, 2.45) is 0 Å². The van der Waals surface area contributed by atoms with Crippen LogP contribution in [0.25, 0.3) is 0 Å². The highest BCUT2D eigenvalue weighted by Gasteiger charge is 1.95. The maximum atomic E-state index is 9.09. The number of rotatable bonds is 3. The van der Waals surface area contributed by atoms with E-state index in [-0.39, 0.29) is 11.5 Å². The van der Waals surface area contributed by atoms with Crippen LogP contribution in [0.5, 0.6) is 5.75 Å². The zero-order chi connectivity index (χ0) is 8.97. The molecule has 0 aliphatic rings. The first-order chi connectivity index (χ1) is 5.68. The standard InChI is InChI=1S/C10H12O2/c1-8(11)5-6-9-3-2-4-10(12)7-9/h2-4,7,11-12H,1,5-6H2. The Morgan fingerprint density at radius 2 is 2.17 bits per heavy atom. The molecule has 0 saturated heterocycles. The van der Waals surface area contributed by atoms with Crippen LogP contribution in [-0.2, 0) is 6.42 Å². The summed E-state index contributed by atoms with van der Waals surface area (Å²) >= 11 is 0. The lowest BCUT2D eigenvalue weighted by atomic mass is 10.1. The van der Waals surface area contributed by atoms with Gasteiger partial charge in [-0.2, -0.15) is 0 Å². The lowest BCUT2D eigenvalue weighted by Crippen LogP contribution is -1.86. The molecule has 1 aromatic rings. The number of aliphatic hydroxyl groups excluding tert-OH is 1. The van der Waals surface area contributed by atoms with Gasteiger partial charge in [-0.1, -0.05) is 18.7 Å². The maximum Gasteiger partial charge on any atom is 0.115 e. The molecule has 2 N–H and O–H groups in total. The highest BCUT2D eigenvalue weighted by atomic mass is 16.3. The van der Waals surface area contributed by atoms with Gasteiger partial charge in [0.15, 0.2) is 0 Å². The van der Waals surface area contributed by atoms with E-state index in [1.807, 2.05) is 6.07 Å². The number of aliphatic hydroxyl groups is 1. The lowest BCUT2D eigenvalue weighted by Gasteiger charge is -2.00. The van der Waals surface area contributed by atoms with Crippen LogP contribution in [0.15, 0.2) is 36.6 Å². The summed E-state index contributed by atoms with van der Waals surface area (Å²) in [6, 6.07) is 6.99. The number of allylic oxidation sites excluding steroid dienone is 1. The fraction of sp³-hybridized carbons (Fsp3) is 0.200. The molecule has 0 spiro atoms. The fourth-order valence-electron chi connectivity index (χ4n) is 1.00. The van der Waals surface area contributed by atoms with Crippen LogP contribution in [0.4, 0.5) is 0 Å². The first kappa shape index (κ1) is 8.65. The first-order valence-corrected chi connectivity index (χ1v) is 3.83. The zero-order valence-electron chi connectivity index (χ0n) is 6.83. The van der Waals surface area contributed by atoms with E-state index >= 15 is 0 Å². The van der Waals surface area contributed by atoms with Gasteiger partial charge in [0.2, 0.25) is 0 Å². The van der Waals surface area contributed by atoms with Crippen molar-refractivity contribution in [3.05, 3.63) is 42.2 Å². The van der Waals surface area contributed by atoms with E-state index in [0.29, 0.717) is 12.8 Å². The second-order valence-corrected chi connectivity index (χ2v) is 2.74. The topological polar surface area (TPSA) is 40.5 Å². The maximum absolute atomic E-state index is 9.09. The third-order valence-corrected chi connectivity index (χ3v) is 1.61. The molecule has 1 rings (SSSR count). The molecule has 0 fully saturated rings. The third kappa shape index (κ3) is 2.66. The Morgan fingerprint density at radius 1 is 1.42 bits per heavy atom. The van der Waals surface area contributed by atoms with Crippen molar-refractivity contribution in [1.29, 1.82) is 0 Å². The van der Waals surface area contributed by atoms with Gasteiger partial charge in [0.25, 0.3) is 0 Å². The highest BCUT2D eigenvalue weighted by molar-refractivity contribution is 5.27. The first-order valence-electron chi connectivity index (χ1n) is 3.83. The van der Waals surface area contributed by atoms with Crippen molar-refractivity contribution in [2.75, 3.05) is 0 Å². The van der Waals surface area contributed by atoms with Gasteiger partial charge < -0.3 is 10.2 Å². The molecule has 0 bridgehead atoms. The van der Waals surface area contributed by atoms with Crippen molar-refractivity contribution in [1.82, 2.24) is 0 Å². The van der Waals surface area contributed by atoms with Gasteiger partial charge in [0, 0.05) is 6.42 Å². The molecule has 0 unspecified atom stereocenters. The van der Waals surface area contributed by atoms with Gasteiger partial charge in [-0.15, -0.1) is 0 Å². The summed E-state index contributed by atoms with van der Waals surface area (Å²) in [5, 5.41) is 17.9. The van der Waals surface area contributed by atoms with Crippen LogP contribution < -0.4 is 0 Å². The Balaban J connectivity index is 2.57. The van der Waals surface area contributed by atoms with E-state index in [9.17, 15) is 0 Å². The number of hydrogen-bond acceptors (Lipinski definition) is 2. The fourth-order valence-corrected chi connectivity index (χ4v) is 1.00. The van der Waals surface area contributed by atoms with Crippen molar-refractivity contribution in [3.8, 4) is 5.75 Å². The number of phenolic OH excluding ortho intramolecular Hbond substituents is 1. The number of aromatic hydroxyl groups is 1. The number of aryl methyl sites for hydroxylation is 1. The minimum absolute atomic E-state index is 0.179. The SMILES string of the molecule is C=C(O)CCc1cccc(O)c1. The molecule has 0 radical (unpaired) electrons. The Morgan fingerprint density at radius 3 is 2.75 bits per heavy atom. The van der Waals surface area contributed by atoms with Gasteiger partial charge in [-0.3, -0.25) is 0 Å². The van der Waals surface area contributed by atoms with E-state index in [1.165, 1.54) is 0 Å². The molecule has 1 aromatic carbocycles. The number of hydrogen-bond donors (Lipinski definition) is 2. The van der Waals surface area contributed by atoms with Crippen molar-refractivity contribution in [3.63, 3.8) is 0 Å². The molecule has 0 atom stereocenters. The molecular weight excluding hydrogens is 152 g/mol. The largest absolute Gasteiger partial charge is 0.513 e. The Labute approximate surface area is 71.8 Å². The summed E-state index contributed by atoms with van der Waals surface area (Å²) in [5.74, 6) is 0.439. The van der Waals surface area contributed by atoms with Crippen LogP contribution in [0.3, 0.4) is 0 Å². The van der Waals surface area contributed by atoms with E-state index in [2.05, 4.69) is 6.58 Å². The second kappa shape index (κ2) is 3.81. The Bertz CT molecular complexity index is 279. The van der Waals surface area contributed by atoms with E-state index in [1.54, 1.807) is 18.2 Å². The third-order valence-electron chi connectivity index (χ3n) is 1.61. The predicted octanol–water partition coefficient (Wildman–Crippen LogP) is 2.40. The minimum Gasteiger partial charge on any atom is -0.513 e. The van der Waals surface area contributed by atoms with Crippen LogP contribution in [0, 0.1) is 0 Å². The van der Waals surface area contributed by atoms with Gasteiger partial charge in [-0.05, 0) is 24.1 Å². The summed E-state index contributed by atoms with van der Waals surface area (Å²) < 4.78 is 0. The molecule has 0 aliphatic heterocycles. The van der Waals surface area contributed by atoms with Crippen molar-refractivity contribution in [2.45, 2.75) is 12.8 Å². The summed E-state index contributed by atoms with van der Waals surface area (Å²) in [6.07, 6.45) is 1.26. The Hall–Kier alpha value is -1.44. The molecule has 0 saturated carbocycles. The van der Waals surface area contributed by atoms with Crippen molar-refractivity contribution >= 4 is 0 Å². The Kier molecular flexibility index (Phi) is 2.75. The normalized spacial score (nSPS) is 9.67. The van der Waals surface area contributed by atoms with E-state index in [0.717, 1.165) is 5.56 Å². The average molecular weight is 164 g/mol. The summed E-state index contributed by atoms with van der Waals surface area (Å²) in [6.45, 7) is 3.39. The van der Waals surface area contributed by atoms with Crippen molar-refractivity contribution < 1.29 is 10.2 Å². The molecule has 0 aromatic heterocycles. The molecule has 0 aliphatic carbocycles. The zero-order valence-corrected chi connectivity index (χ0v) is 6.83. The molecule has 2 heteroatoms. The van der Waals surface area contributed by atoms with Gasteiger partial charge >= 0.3 is 0 Å². The smallest absolute Gasteiger partial charge is 0.115 e. The van der Waals surface area contributed by atoms with Crippen LogP contribution >= 0.6 is 0 Å². The quantitative estimate of drug-likeness (QED) is 0.673. The van der Waals surface area contributed by atoms with E-state index in [4.69, 9.17) is 10.2 Å². The number of phenols is 1. The van der Waals surface area contributed by atoms with E-state index < -0.39 is 0 Å². The van der Waals surface area contributed by atoms with Gasteiger partial charge in [0.1, 0.15) is 5.75 Å². The molecule has 0 heterocycles. The van der Waals surface area contributed by atoms with Crippen LogP contribution in [0.1, 0.15) is 12.0 Å². The molecule has 12 heavy (non-hydrogen) atoms. The summed E-state index contributed by atoms with van der Waals surface area (Å²) in [4.78, 5) is 0. The second-order valence-electron chi connectivity index (χ2n) is 2.74.